The summed E-state index contributed by atoms with van der Waals surface area (Å²) in [6, 6.07) is 7.11. The van der Waals surface area contributed by atoms with E-state index in [1.54, 1.807) is 4.90 Å². The van der Waals surface area contributed by atoms with E-state index in [0.29, 0.717) is 12.3 Å². The number of hydrogen-bond acceptors (Lipinski definition) is 4. The van der Waals surface area contributed by atoms with E-state index in [-0.39, 0.29) is 35.5 Å². The molecule has 0 unspecified atom stereocenters. The molecule has 0 aromatic heterocycles. The van der Waals surface area contributed by atoms with Crippen LogP contribution in [0.3, 0.4) is 0 Å². The summed E-state index contributed by atoms with van der Waals surface area (Å²) < 4.78 is 24.3. The van der Waals surface area contributed by atoms with Gasteiger partial charge in [0, 0.05) is 11.7 Å². The normalized spacial score (nSPS) is 29.1. The van der Waals surface area contributed by atoms with Gasteiger partial charge in [0.05, 0.1) is 23.6 Å². The highest BCUT2D eigenvalue weighted by Gasteiger charge is 2.49. The number of amides is 1. The molecule has 0 bridgehead atoms. The minimum Gasteiger partial charge on any atom is -0.305 e. The second-order valence-electron chi connectivity index (χ2n) is 7.33. The lowest BCUT2D eigenvalue weighted by Crippen LogP contribution is -2.65. The van der Waals surface area contributed by atoms with Crippen molar-refractivity contribution in [1.82, 2.24) is 5.32 Å². The first-order valence-electron chi connectivity index (χ1n) is 8.69. The van der Waals surface area contributed by atoms with Gasteiger partial charge in [0.15, 0.2) is 9.84 Å². The molecule has 2 saturated heterocycles. The molecule has 3 rings (SSSR count). The third kappa shape index (κ3) is 3.35. The van der Waals surface area contributed by atoms with E-state index >= 15 is 0 Å². The van der Waals surface area contributed by atoms with Crippen molar-refractivity contribution in [3.05, 3.63) is 29.8 Å². The number of sulfone groups is 1. The van der Waals surface area contributed by atoms with Crippen LogP contribution in [0.2, 0.25) is 0 Å². The number of aryl methyl sites for hydroxylation is 1. The fraction of sp³-hybridized carbons (Fsp3) is 0.611. The number of rotatable bonds is 4. The minimum absolute atomic E-state index is 0.00806. The van der Waals surface area contributed by atoms with Crippen LogP contribution < -0.4 is 10.2 Å². The summed E-state index contributed by atoms with van der Waals surface area (Å²) in [7, 11) is -3.11. The molecule has 2 aliphatic rings. The monoisotopic (exact) mass is 350 g/mol. The molecule has 0 spiro atoms. The first kappa shape index (κ1) is 17.4. The van der Waals surface area contributed by atoms with Gasteiger partial charge in [-0.2, -0.15) is 0 Å². The topological polar surface area (TPSA) is 66.5 Å². The number of benzene rings is 1. The van der Waals surface area contributed by atoms with Crippen LogP contribution in [0.1, 0.15) is 32.8 Å². The van der Waals surface area contributed by atoms with Gasteiger partial charge < -0.3 is 4.90 Å². The molecule has 1 amide bonds. The maximum atomic E-state index is 13.0. The Balaban J connectivity index is 1.96. The molecule has 2 aliphatic heterocycles. The van der Waals surface area contributed by atoms with Crippen LogP contribution in [0, 0.1) is 5.92 Å². The van der Waals surface area contributed by atoms with Gasteiger partial charge in [0.2, 0.25) is 5.91 Å². The van der Waals surface area contributed by atoms with Gasteiger partial charge in [-0.1, -0.05) is 32.9 Å². The van der Waals surface area contributed by atoms with E-state index in [1.165, 1.54) is 5.56 Å². The second-order valence-corrected chi connectivity index (χ2v) is 9.48. The predicted molar refractivity (Wildman–Crippen MR) is 95.9 cm³/mol. The molecule has 132 valence electrons. The first-order valence-corrected chi connectivity index (χ1v) is 10.5. The van der Waals surface area contributed by atoms with Crippen molar-refractivity contribution >= 4 is 21.4 Å². The number of carbonyl (C=O) groups is 1. The summed E-state index contributed by atoms with van der Waals surface area (Å²) in [5.74, 6) is 0.514. The molecule has 6 heteroatoms. The lowest BCUT2D eigenvalue weighted by Gasteiger charge is -2.42. The van der Waals surface area contributed by atoms with Gasteiger partial charge in [-0.25, -0.2) is 8.42 Å². The van der Waals surface area contributed by atoms with Gasteiger partial charge in [-0.3, -0.25) is 10.1 Å². The number of piperazine rings is 1. The Kier molecular flexibility index (Phi) is 4.71. The zero-order valence-corrected chi connectivity index (χ0v) is 15.3. The Bertz CT molecular complexity index is 712. The third-order valence-corrected chi connectivity index (χ3v) is 6.65. The maximum absolute atomic E-state index is 13.0. The van der Waals surface area contributed by atoms with Crippen molar-refractivity contribution in [1.29, 1.82) is 0 Å². The van der Waals surface area contributed by atoms with Crippen molar-refractivity contribution in [2.75, 3.05) is 16.4 Å². The van der Waals surface area contributed by atoms with E-state index in [9.17, 15) is 13.2 Å². The van der Waals surface area contributed by atoms with Gasteiger partial charge >= 0.3 is 0 Å². The van der Waals surface area contributed by atoms with Crippen molar-refractivity contribution in [3.63, 3.8) is 0 Å². The van der Waals surface area contributed by atoms with Crippen LogP contribution in [0.15, 0.2) is 24.3 Å². The van der Waals surface area contributed by atoms with Crippen molar-refractivity contribution < 1.29 is 13.2 Å². The van der Waals surface area contributed by atoms with Gasteiger partial charge in [-0.15, -0.1) is 0 Å². The average Bonchev–Trinajstić information content (AvgIpc) is 2.81. The zero-order valence-electron chi connectivity index (χ0n) is 14.5. The van der Waals surface area contributed by atoms with Crippen LogP contribution in [-0.2, 0) is 21.1 Å². The van der Waals surface area contributed by atoms with E-state index in [0.717, 1.165) is 12.1 Å². The van der Waals surface area contributed by atoms with Crippen LogP contribution in [-0.4, -0.2) is 44.0 Å². The van der Waals surface area contributed by atoms with Crippen molar-refractivity contribution in [3.8, 4) is 0 Å². The van der Waals surface area contributed by atoms with Gasteiger partial charge in [-0.05, 0) is 36.5 Å². The van der Waals surface area contributed by atoms with Crippen LogP contribution in [0.5, 0.6) is 0 Å². The lowest BCUT2D eigenvalue weighted by molar-refractivity contribution is -0.123. The molecular formula is C18H26N2O3S. The standard InChI is InChI=1S/C18H26N2O3S/c1-4-13-5-7-14(8-6-13)20-17-11-24(22,23)10-16(17)19-15(18(20)21)9-12(2)3/h5-8,12,15-17,19H,4,9-11H2,1-3H3/t15-,16+,17-/m0/s1. The SMILES string of the molecule is CCc1ccc(N2C(=O)[C@H](CC(C)C)N[C@@H]3CS(=O)(=O)C[C@@H]32)cc1. The van der Waals surface area contributed by atoms with Crippen LogP contribution >= 0.6 is 0 Å². The molecule has 3 atom stereocenters. The van der Waals surface area contributed by atoms with Crippen LogP contribution in [0.25, 0.3) is 0 Å². The molecule has 2 fully saturated rings. The average molecular weight is 350 g/mol. The Labute approximate surface area is 144 Å². The summed E-state index contributed by atoms with van der Waals surface area (Å²) in [5, 5.41) is 3.30. The molecule has 2 heterocycles. The third-order valence-electron chi connectivity index (χ3n) is 4.93. The number of nitrogens with zero attached hydrogens (tertiary/aromatic N) is 1. The molecule has 1 aromatic rings. The molecule has 24 heavy (non-hydrogen) atoms. The molecular weight excluding hydrogens is 324 g/mol. The summed E-state index contributed by atoms with van der Waals surface area (Å²) in [6.45, 7) is 6.24. The van der Waals surface area contributed by atoms with Crippen LogP contribution in [0.4, 0.5) is 5.69 Å². The molecule has 1 N–H and O–H groups in total. The Morgan fingerprint density at radius 1 is 1.21 bits per heavy atom. The molecule has 1 aromatic carbocycles. The van der Waals surface area contributed by atoms with E-state index < -0.39 is 9.84 Å². The number of hydrogen-bond donors (Lipinski definition) is 1. The summed E-state index contributed by atoms with van der Waals surface area (Å²) in [6.07, 6.45) is 1.65. The first-order chi connectivity index (χ1) is 11.3. The number of anilines is 1. The van der Waals surface area contributed by atoms with E-state index in [2.05, 4.69) is 26.1 Å². The second kappa shape index (κ2) is 6.48. The summed E-state index contributed by atoms with van der Waals surface area (Å²) in [4.78, 5) is 14.8. The lowest BCUT2D eigenvalue weighted by atomic mass is 9.95. The quantitative estimate of drug-likeness (QED) is 0.899. The Morgan fingerprint density at radius 3 is 2.46 bits per heavy atom. The van der Waals surface area contributed by atoms with Crippen molar-refractivity contribution in [2.45, 2.75) is 51.7 Å². The number of fused-ring (bicyclic) bond motifs is 1. The zero-order chi connectivity index (χ0) is 17.5. The summed E-state index contributed by atoms with van der Waals surface area (Å²) >= 11 is 0. The highest BCUT2D eigenvalue weighted by atomic mass is 32.2. The van der Waals surface area contributed by atoms with Gasteiger partial charge in [0.1, 0.15) is 0 Å². The smallest absolute Gasteiger partial charge is 0.244 e. The Hall–Kier alpha value is -1.40. The largest absolute Gasteiger partial charge is 0.305 e. The summed E-state index contributed by atoms with van der Waals surface area (Å²) in [5.41, 5.74) is 2.01. The highest BCUT2D eigenvalue weighted by Crippen LogP contribution is 2.30. The highest BCUT2D eigenvalue weighted by molar-refractivity contribution is 7.91. The van der Waals surface area contributed by atoms with Crippen molar-refractivity contribution in [2.24, 2.45) is 5.92 Å². The molecule has 0 aliphatic carbocycles. The fourth-order valence-electron chi connectivity index (χ4n) is 3.75. The Morgan fingerprint density at radius 2 is 1.88 bits per heavy atom. The fourth-order valence-corrected chi connectivity index (χ4v) is 5.66. The maximum Gasteiger partial charge on any atom is 0.244 e. The van der Waals surface area contributed by atoms with Gasteiger partial charge in [0.25, 0.3) is 0 Å². The minimum atomic E-state index is -3.11. The molecule has 0 saturated carbocycles. The molecule has 0 radical (unpaired) electrons. The van der Waals surface area contributed by atoms with E-state index in [4.69, 9.17) is 0 Å². The predicted octanol–water partition coefficient (Wildman–Crippen LogP) is 1.77. The number of carbonyl (C=O) groups excluding carboxylic acids is 1. The van der Waals surface area contributed by atoms with E-state index in [1.807, 2.05) is 24.3 Å². The number of nitrogens with one attached hydrogen (secondary N) is 1. The molecule has 5 nitrogen and oxygen atoms in total.